The van der Waals surface area contributed by atoms with Crippen LogP contribution in [0.1, 0.15) is 111 Å². The number of carbonyl (C=O) groups is 1. The van der Waals surface area contributed by atoms with Gasteiger partial charge in [0.2, 0.25) is 0 Å². The van der Waals surface area contributed by atoms with Gasteiger partial charge in [-0.25, -0.2) is 0 Å². The Morgan fingerprint density at radius 2 is 1.37 bits per heavy atom. The Bertz CT molecular complexity index is 361. The molecule has 1 aliphatic rings. The van der Waals surface area contributed by atoms with E-state index >= 15 is 0 Å². The van der Waals surface area contributed by atoms with Gasteiger partial charge < -0.3 is 14.2 Å². The average Bonchev–Trinajstić information content (AvgIpc) is 2.67. The van der Waals surface area contributed by atoms with Crippen LogP contribution in [-0.2, 0) is 19.0 Å². The van der Waals surface area contributed by atoms with E-state index in [0.29, 0.717) is 26.2 Å². The normalized spacial score (nSPS) is 22.7. The molecule has 0 aromatic rings. The molecule has 0 aromatic carbocycles. The van der Waals surface area contributed by atoms with Crippen molar-refractivity contribution in [2.75, 3.05) is 19.8 Å². The fourth-order valence-corrected chi connectivity index (χ4v) is 3.40. The lowest BCUT2D eigenvalue weighted by atomic mass is 9.93. The fraction of sp³-hybridized carbons (Fsp3) is 0.957. The summed E-state index contributed by atoms with van der Waals surface area (Å²) in [5.74, 6) is -0.0794. The van der Waals surface area contributed by atoms with Crippen molar-refractivity contribution in [2.45, 2.75) is 117 Å². The number of unbranched alkanes of at least 4 members (excludes halogenated alkanes) is 10. The van der Waals surface area contributed by atoms with Crippen molar-refractivity contribution in [3.63, 3.8) is 0 Å². The van der Waals surface area contributed by atoms with Crippen LogP contribution in [0.5, 0.6) is 0 Å². The molecule has 1 saturated heterocycles. The number of carbonyl (C=O) groups excluding carboxylic acids is 1. The Labute approximate surface area is 167 Å². The van der Waals surface area contributed by atoms with Crippen LogP contribution in [0, 0.1) is 5.41 Å². The van der Waals surface area contributed by atoms with Gasteiger partial charge in [-0.15, -0.1) is 0 Å². The highest BCUT2D eigenvalue weighted by atomic mass is 16.7. The van der Waals surface area contributed by atoms with Crippen LogP contribution in [0.25, 0.3) is 0 Å². The molecule has 1 fully saturated rings. The third-order valence-electron chi connectivity index (χ3n) is 5.34. The van der Waals surface area contributed by atoms with Crippen LogP contribution >= 0.6 is 0 Å². The smallest absolute Gasteiger partial charge is 0.305 e. The first-order valence-electron chi connectivity index (χ1n) is 11.5. The molecular formula is C23H44O4. The number of rotatable bonds is 16. The monoisotopic (exact) mass is 384 g/mol. The number of ether oxygens (including phenoxy) is 3. The van der Waals surface area contributed by atoms with Gasteiger partial charge in [-0.3, -0.25) is 4.79 Å². The Morgan fingerprint density at radius 1 is 0.852 bits per heavy atom. The summed E-state index contributed by atoms with van der Waals surface area (Å²) < 4.78 is 17.1. The summed E-state index contributed by atoms with van der Waals surface area (Å²) in [6, 6.07) is 0. The summed E-state index contributed by atoms with van der Waals surface area (Å²) in [6.07, 6.45) is 16.3. The van der Waals surface area contributed by atoms with Gasteiger partial charge in [-0.2, -0.15) is 0 Å². The second-order valence-corrected chi connectivity index (χ2v) is 8.60. The lowest BCUT2D eigenvalue weighted by molar-refractivity contribution is -0.236. The Balaban J connectivity index is 1.99. The summed E-state index contributed by atoms with van der Waals surface area (Å²) >= 11 is 0. The number of hydrogen-bond donors (Lipinski definition) is 0. The first kappa shape index (κ1) is 24.4. The summed E-state index contributed by atoms with van der Waals surface area (Å²) in [5.41, 5.74) is -0.213. The molecule has 1 rings (SSSR count). The number of esters is 1. The van der Waals surface area contributed by atoms with Crippen molar-refractivity contribution in [1.82, 2.24) is 0 Å². The van der Waals surface area contributed by atoms with E-state index in [2.05, 4.69) is 20.8 Å². The largest absolute Gasteiger partial charge is 0.465 e. The predicted molar refractivity (Wildman–Crippen MR) is 111 cm³/mol. The summed E-state index contributed by atoms with van der Waals surface area (Å²) in [7, 11) is 0. The van der Waals surface area contributed by atoms with Crippen molar-refractivity contribution in [3.8, 4) is 0 Å². The second-order valence-electron chi connectivity index (χ2n) is 8.60. The van der Waals surface area contributed by atoms with Gasteiger partial charge in [-0.05, 0) is 19.3 Å². The molecule has 0 atom stereocenters. The molecule has 0 radical (unpaired) electrons. The van der Waals surface area contributed by atoms with Gasteiger partial charge in [0.05, 0.1) is 13.2 Å². The minimum Gasteiger partial charge on any atom is -0.465 e. The molecule has 0 unspecified atom stereocenters. The molecule has 0 spiro atoms. The van der Waals surface area contributed by atoms with E-state index in [-0.39, 0.29) is 17.7 Å². The Kier molecular flexibility index (Phi) is 13.9. The lowest BCUT2D eigenvalue weighted by Gasteiger charge is -2.36. The zero-order chi connectivity index (χ0) is 19.8. The fourth-order valence-electron chi connectivity index (χ4n) is 3.40. The molecule has 4 heteroatoms. The second kappa shape index (κ2) is 15.3. The van der Waals surface area contributed by atoms with E-state index in [0.717, 1.165) is 25.7 Å². The van der Waals surface area contributed by atoms with E-state index < -0.39 is 0 Å². The number of hydrogen-bond acceptors (Lipinski definition) is 4. The van der Waals surface area contributed by atoms with Gasteiger partial charge in [0.25, 0.3) is 0 Å². The van der Waals surface area contributed by atoms with Gasteiger partial charge in [0.1, 0.15) is 6.61 Å². The molecule has 0 aromatic heterocycles. The molecule has 0 amide bonds. The van der Waals surface area contributed by atoms with Crippen molar-refractivity contribution in [2.24, 2.45) is 5.41 Å². The van der Waals surface area contributed by atoms with Crippen molar-refractivity contribution in [1.29, 1.82) is 0 Å². The molecule has 160 valence electrons. The highest BCUT2D eigenvalue weighted by Gasteiger charge is 2.33. The van der Waals surface area contributed by atoms with E-state index in [4.69, 9.17) is 14.2 Å². The van der Waals surface area contributed by atoms with Crippen LogP contribution in [0.15, 0.2) is 0 Å². The maximum atomic E-state index is 12.0. The summed E-state index contributed by atoms with van der Waals surface area (Å²) in [4.78, 5) is 12.0. The highest BCUT2D eigenvalue weighted by Crippen LogP contribution is 2.26. The Hall–Kier alpha value is -0.610. The zero-order valence-electron chi connectivity index (χ0n) is 18.2. The SMILES string of the molecule is CCCCCCCCCCCC(=O)OCC1(C)COC(CCCCC)OC1. The third kappa shape index (κ3) is 12.5. The van der Waals surface area contributed by atoms with Crippen molar-refractivity contribution >= 4 is 5.97 Å². The predicted octanol–water partition coefficient (Wildman–Crippen LogP) is 6.41. The van der Waals surface area contributed by atoms with Gasteiger partial charge in [0, 0.05) is 11.8 Å². The van der Waals surface area contributed by atoms with Crippen molar-refractivity contribution in [3.05, 3.63) is 0 Å². The van der Waals surface area contributed by atoms with Crippen LogP contribution in [0.4, 0.5) is 0 Å². The molecule has 0 aliphatic carbocycles. The van der Waals surface area contributed by atoms with Crippen LogP contribution in [0.3, 0.4) is 0 Å². The molecule has 0 bridgehead atoms. The molecular weight excluding hydrogens is 340 g/mol. The first-order chi connectivity index (χ1) is 13.1. The van der Waals surface area contributed by atoms with E-state index in [1.807, 2.05) is 0 Å². The van der Waals surface area contributed by atoms with E-state index in [9.17, 15) is 4.79 Å². The minimum atomic E-state index is -0.213. The lowest BCUT2D eigenvalue weighted by Crippen LogP contribution is -2.43. The van der Waals surface area contributed by atoms with E-state index in [1.54, 1.807) is 0 Å². The maximum absolute atomic E-state index is 12.0. The van der Waals surface area contributed by atoms with Gasteiger partial charge in [0.15, 0.2) is 6.29 Å². The molecule has 27 heavy (non-hydrogen) atoms. The zero-order valence-corrected chi connectivity index (χ0v) is 18.2. The van der Waals surface area contributed by atoms with Crippen molar-refractivity contribution < 1.29 is 19.0 Å². The summed E-state index contributed by atoms with van der Waals surface area (Å²) in [6.45, 7) is 8.12. The minimum absolute atomic E-state index is 0.0794. The molecule has 0 N–H and O–H groups in total. The molecule has 0 saturated carbocycles. The molecule has 4 nitrogen and oxygen atoms in total. The highest BCUT2D eigenvalue weighted by molar-refractivity contribution is 5.69. The first-order valence-corrected chi connectivity index (χ1v) is 11.5. The Morgan fingerprint density at radius 3 is 1.96 bits per heavy atom. The van der Waals surface area contributed by atoms with E-state index in [1.165, 1.54) is 57.8 Å². The quantitative estimate of drug-likeness (QED) is 0.228. The third-order valence-corrected chi connectivity index (χ3v) is 5.34. The van der Waals surface area contributed by atoms with Gasteiger partial charge in [-0.1, -0.05) is 85.0 Å². The van der Waals surface area contributed by atoms with Crippen LogP contribution in [-0.4, -0.2) is 32.1 Å². The maximum Gasteiger partial charge on any atom is 0.305 e. The molecule has 1 aliphatic heterocycles. The van der Waals surface area contributed by atoms with Crippen LogP contribution in [0.2, 0.25) is 0 Å². The topological polar surface area (TPSA) is 44.8 Å². The standard InChI is InChI=1S/C23H44O4/c1-4-6-8-9-10-11-12-13-15-16-21(24)25-18-23(3)19-26-22(27-20-23)17-14-7-5-2/h22H,4-20H2,1-3H3. The average molecular weight is 385 g/mol. The van der Waals surface area contributed by atoms with Crippen LogP contribution < -0.4 is 0 Å². The van der Waals surface area contributed by atoms with Gasteiger partial charge >= 0.3 is 5.97 Å². The summed E-state index contributed by atoms with van der Waals surface area (Å²) in [5, 5.41) is 0. The molecule has 1 heterocycles.